The molecular weight excluding hydrogens is 191 g/mol. The number of hydrogen-bond donors (Lipinski definition) is 0. The maximum absolute atomic E-state index is 12.7. The predicted octanol–water partition coefficient (Wildman–Crippen LogP) is 3.68. The Balaban J connectivity index is 2.79. The number of alkyl halides is 2. The largest absolute Gasteiger partial charge is 0.491 e. The van der Waals surface area contributed by atoms with Crippen LogP contribution >= 0.6 is 11.6 Å². The van der Waals surface area contributed by atoms with Crippen molar-refractivity contribution in [3.8, 4) is 5.75 Å². The topological polar surface area (TPSA) is 9.23 Å². The Labute approximate surface area is 82.5 Å². The summed E-state index contributed by atoms with van der Waals surface area (Å²) in [5.74, 6) is 0.649. The van der Waals surface area contributed by atoms with Crippen LogP contribution in [0.1, 0.15) is 25.0 Å². The molecule has 1 rings (SSSR count). The minimum absolute atomic E-state index is 0.0867. The third-order valence-corrected chi connectivity index (χ3v) is 1.73. The van der Waals surface area contributed by atoms with Crippen molar-refractivity contribution < 1.29 is 9.13 Å². The Morgan fingerprint density at radius 3 is 2.62 bits per heavy atom. The van der Waals surface area contributed by atoms with Crippen LogP contribution in [-0.4, -0.2) is 6.10 Å². The summed E-state index contributed by atoms with van der Waals surface area (Å²) in [4.78, 5) is 0. The second-order valence-corrected chi connectivity index (χ2v) is 3.42. The molecular formula is C10H12ClFO. The molecule has 0 aliphatic rings. The molecule has 0 aromatic heterocycles. The van der Waals surface area contributed by atoms with Crippen molar-refractivity contribution in [1.82, 2.24) is 0 Å². The van der Waals surface area contributed by atoms with E-state index in [1.165, 1.54) is 0 Å². The molecule has 1 atom stereocenters. The fourth-order valence-corrected chi connectivity index (χ4v) is 1.13. The first-order valence-electron chi connectivity index (χ1n) is 4.14. The summed E-state index contributed by atoms with van der Waals surface area (Å²) in [5.41, 5.74) is -1.03. The van der Waals surface area contributed by atoms with Crippen LogP contribution in [0.5, 0.6) is 5.75 Å². The van der Waals surface area contributed by atoms with Gasteiger partial charge < -0.3 is 4.74 Å². The Kier molecular flexibility index (Phi) is 3.55. The molecule has 0 aliphatic heterocycles. The Hall–Kier alpha value is -0.760. The molecule has 0 bridgehead atoms. The summed E-state index contributed by atoms with van der Waals surface area (Å²) < 4.78 is 18.0. The number of halogens is 2. The number of benzene rings is 1. The van der Waals surface area contributed by atoms with Gasteiger partial charge in [0.15, 0.2) is 5.63 Å². The first-order valence-corrected chi connectivity index (χ1v) is 4.58. The minimum Gasteiger partial charge on any atom is -0.491 e. The van der Waals surface area contributed by atoms with Crippen LogP contribution < -0.4 is 4.74 Å². The van der Waals surface area contributed by atoms with Gasteiger partial charge in [-0.2, -0.15) is 0 Å². The normalized spacial score (nSPS) is 13.0. The molecule has 0 N–H and O–H groups in total. The molecule has 13 heavy (non-hydrogen) atoms. The highest BCUT2D eigenvalue weighted by atomic mass is 35.5. The molecule has 0 saturated carbocycles. The van der Waals surface area contributed by atoms with E-state index in [2.05, 4.69) is 0 Å². The number of rotatable bonds is 3. The minimum atomic E-state index is -1.46. The lowest BCUT2D eigenvalue weighted by atomic mass is 10.2. The molecule has 0 spiro atoms. The first-order chi connectivity index (χ1) is 6.09. The van der Waals surface area contributed by atoms with Crippen molar-refractivity contribution in [3.63, 3.8) is 0 Å². The van der Waals surface area contributed by atoms with Crippen LogP contribution in [0.25, 0.3) is 0 Å². The second-order valence-electron chi connectivity index (χ2n) is 3.04. The molecule has 1 nitrogen and oxygen atoms in total. The van der Waals surface area contributed by atoms with Gasteiger partial charge in [0.25, 0.3) is 0 Å². The van der Waals surface area contributed by atoms with Gasteiger partial charge in [-0.3, -0.25) is 0 Å². The van der Waals surface area contributed by atoms with Gasteiger partial charge in [0.2, 0.25) is 0 Å². The van der Waals surface area contributed by atoms with Gasteiger partial charge in [0.05, 0.1) is 6.10 Å². The molecule has 0 heterocycles. The molecule has 0 amide bonds. The van der Waals surface area contributed by atoms with Gasteiger partial charge in [-0.05, 0) is 26.0 Å². The molecule has 0 radical (unpaired) electrons. The van der Waals surface area contributed by atoms with E-state index in [0.29, 0.717) is 11.3 Å². The summed E-state index contributed by atoms with van der Waals surface area (Å²) in [5, 5.41) is 0. The van der Waals surface area contributed by atoms with Crippen LogP contribution in [0.4, 0.5) is 4.39 Å². The molecule has 0 fully saturated rings. The highest BCUT2D eigenvalue weighted by molar-refractivity contribution is 6.19. The fraction of sp³-hybridized carbons (Fsp3) is 0.400. The van der Waals surface area contributed by atoms with Gasteiger partial charge in [-0.25, -0.2) is 4.39 Å². The van der Waals surface area contributed by atoms with E-state index in [9.17, 15) is 4.39 Å². The zero-order valence-corrected chi connectivity index (χ0v) is 8.38. The quantitative estimate of drug-likeness (QED) is 0.680. The number of hydrogen-bond acceptors (Lipinski definition) is 1. The van der Waals surface area contributed by atoms with Crippen LogP contribution in [0.15, 0.2) is 24.3 Å². The van der Waals surface area contributed by atoms with E-state index in [1.54, 1.807) is 24.3 Å². The van der Waals surface area contributed by atoms with E-state index in [-0.39, 0.29) is 6.10 Å². The van der Waals surface area contributed by atoms with Crippen molar-refractivity contribution in [3.05, 3.63) is 29.8 Å². The zero-order valence-electron chi connectivity index (χ0n) is 7.63. The van der Waals surface area contributed by atoms with Crippen LogP contribution in [0, 0.1) is 0 Å². The second kappa shape index (κ2) is 4.47. The Bertz CT molecular complexity index is 273. The van der Waals surface area contributed by atoms with Crippen molar-refractivity contribution in [1.29, 1.82) is 0 Å². The Morgan fingerprint density at radius 1 is 1.38 bits per heavy atom. The molecule has 3 heteroatoms. The average Bonchev–Trinajstić information content (AvgIpc) is 2.03. The van der Waals surface area contributed by atoms with E-state index < -0.39 is 5.63 Å². The van der Waals surface area contributed by atoms with Crippen molar-refractivity contribution in [2.24, 2.45) is 0 Å². The fourth-order valence-electron chi connectivity index (χ4n) is 0.996. The van der Waals surface area contributed by atoms with E-state index in [0.717, 1.165) is 0 Å². The maximum atomic E-state index is 12.7. The lowest BCUT2D eigenvalue weighted by Gasteiger charge is -2.10. The SMILES string of the molecule is CC(C)Oc1cccc(C(F)Cl)c1. The summed E-state index contributed by atoms with van der Waals surface area (Å²) in [6, 6.07) is 6.74. The molecule has 0 aliphatic carbocycles. The summed E-state index contributed by atoms with van der Waals surface area (Å²) in [7, 11) is 0. The summed E-state index contributed by atoms with van der Waals surface area (Å²) >= 11 is 5.29. The molecule has 1 unspecified atom stereocenters. The first kappa shape index (κ1) is 10.3. The van der Waals surface area contributed by atoms with Gasteiger partial charge >= 0.3 is 0 Å². The monoisotopic (exact) mass is 202 g/mol. The van der Waals surface area contributed by atoms with Gasteiger partial charge in [-0.15, -0.1) is 0 Å². The van der Waals surface area contributed by atoms with Gasteiger partial charge in [0.1, 0.15) is 5.75 Å². The predicted molar refractivity (Wildman–Crippen MR) is 51.9 cm³/mol. The van der Waals surface area contributed by atoms with E-state index >= 15 is 0 Å². The Morgan fingerprint density at radius 2 is 2.08 bits per heavy atom. The maximum Gasteiger partial charge on any atom is 0.198 e. The standard InChI is InChI=1S/C10H12ClFO/c1-7(2)13-9-5-3-4-8(6-9)10(11)12/h3-7,10H,1-2H3. The smallest absolute Gasteiger partial charge is 0.198 e. The highest BCUT2D eigenvalue weighted by Gasteiger charge is 2.06. The van der Waals surface area contributed by atoms with Gasteiger partial charge in [0, 0.05) is 5.56 Å². The molecule has 1 aromatic rings. The number of ether oxygens (including phenoxy) is 1. The lowest BCUT2D eigenvalue weighted by Crippen LogP contribution is -2.05. The summed E-state index contributed by atoms with van der Waals surface area (Å²) in [6.45, 7) is 3.83. The van der Waals surface area contributed by atoms with Crippen LogP contribution in [0.3, 0.4) is 0 Å². The third-order valence-electron chi connectivity index (χ3n) is 1.48. The molecule has 72 valence electrons. The third kappa shape index (κ3) is 3.23. The zero-order chi connectivity index (χ0) is 9.84. The highest BCUT2D eigenvalue weighted by Crippen LogP contribution is 2.25. The van der Waals surface area contributed by atoms with E-state index in [4.69, 9.17) is 16.3 Å². The molecule has 0 saturated heterocycles. The van der Waals surface area contributed by atoms with Crippen LogP contribution in [0.2, 0.25) is 0 Å². The summed E-state index contributed by atoms with van der Waals surface area (Å²) in [6.07, 6.45) is 0.0867. The average molecular weight is 203 g/mol. The van der Waals surface area contributed by atoms with Crippen LogP contribution in [-0.2, 0) is 0 Å². The van der Waals surface area contributed by atoms with Crippen molar-refractivity contribution in [2.75, 3.05) is 0 Å². The lowest BCUT2D eigenvalue weighted by molar-refractivity contribution is 0.242. The van der Waals surface area contributed by atoms with Gasteiger partial charge in [-0.1, -0.05) is 23.7 Å². The molecule has 1 aromatic carbocycles. The van der Waals surface area contributed by atoms with Crippen molar-refractivity contribution >= 4 is 11.6 Å². The van der Waals surface area contributed by atoms with E-state index in [1.807, 2.05) is 13.8 Å². The van der Waals surface area contributed by atoms with Crippen molar-refractivity contribution in [2.45, 2.75) is 25.6 Å².